The summed E-state index contributed by atoms with van der Waals surface area (Å²) < 4.78 is 66.6. The molecule has 0 saturated carbocycles. The van der Waals surface area contributed by atoms with Gasteiger partial charge in [-0.25, -0.2) is 0 Å². The second kappa shape index (κ2) is 3.55. The van der Waals surface area contributed by atoms with Crippen LogP contribution in [0.5, 0.6) is 0 Å². The molecule has 0 amide bonds. The molecular weight excluding hydrogens is 139 g/mol. The SMILES string of the molecule is [2H]c1c([2H])c([2H])c(C([2H])([2H])C([2H])([2H])[2H])c(B(O)O)c1[2H]. The van der Waals surface area contributed by atoms with Gasteiger partial charge in [-0.2, -0.15) is 0 Å². The van der Waals surface area contributed by atoms with Gasteiger partial charge in [0.25, 0.3) is 0 Å². The Bertz CT molecular complexity index is 540. The predicted octanol–water partition coefficient (Wildman–Crippen LogP) is -0.0712. The normalized spacial score (nSPS) is 24.0. The summed E-state index contributed by atoms with van der Waals surface area (Å²) in [6.45, 7) is -3.24. The molecule has 2 nitrogen and oxygen atoms in total. The highest BCUT2D eigenvalue weighted by molar-refractivity contribution is 6.59. The van der Waals surface area contributed by atoms with Crippen molar-refractivity contribution < 1.29 is 22.4 Å². The number of benzene rings is 1. The van der Waals surface area contributed by atoms with Crippen LogP contribution in [0.2, 0.25) is 0 Å². The van der Waals surface area contributed by atoms with Crippen LogP contribution >= 0.6 is 0 Å². The van der Waals surface area contributed by atoms with E-state index in [1.54, 1.807) is 0 Å². The van der Waals surface area contributed by atoms with Gasteiger partial charge in [-0.05, 0) is 17.4 Å². The Morgan fingerprint density at radius 2 is 2.36 bits per heavy atom. The third-order valence-corrected chi connectivity index (χ3v) is 1.10. The van der Waals surface area contributed by atoms with Gasteiger partial charge in [0.2, 0.25) is 0 Å². The van der Waals surface area contributed by atoms with Crippen molar-refractivity contribution in [3.8, 4) is 0 Å². The van der Waals surface area contributed by atoms with Gasteiger partial charge in [0, 0.05) is 6.85 Å². The lowest BCUT2D eigenvalue weighted by Gasteiger charge is -2.04. The van der Waals surface area contributed by atoms with Crippen LogP contribution in [0.4, 0.5) is 0 Å². The molecule has 1 rings (SSSR count). The Morgan fingerprint density at radius 1 is 1.64 bits per heavy atom. The third kappa shape index (κ3) is 1.82. The lowest BCUT2D eigenvalue weighted by atomic mass is 9.76. The van der Waals surface area contributed by atoms with Crippen LogP contribution in [0.3, 0.4) is 0 Å². The van der Waals surface area contributed by atoms with E-state index < -0.39 is 55.5 Å². The van der Waals surface area contributed by atoms with E-state index in [-0.39, 0.29) is 0 Å². The van der Waals surface area contributed by atoms with Crippen LogP contribution in [0.15, 0.2) is 24.2 Å². The van der Waals surface area contributed by atoms with Gasteiger partial charge in [-0.1, -0.05) is 31.0 Å². The minimum absolute atomic E-state index is 0.803. The summed E-state index contributed by atoms with van der Waals surface area (Å²) in [5.74, 6) is 0. The molecule has 0 spiro atoms. The van der Waals surface area contributed by atoms with Crippen LogP contribution in [0.25, 0.3) is 0 Å². The van der Waals surface area contributed by atoms with Crippen LogP contribution < -0.4 is 5.46 Å². The molecule has 0 heterocycles. The van der Waals surface area contributed by atoms with E-state index in [0.29, 0.717) is 0 Å². The van der Waals surface area contributed by atoms with E-state index in [2.05, 4.69) is 0 Å². The second-order valence-electron chi connectivity index (χ2n) is 1.79. The average Bonchev–Trinajstić information content (AvgIpc) is 2.28. The lowest BCUT2D eigenvalue weighted by molar-refractivity contribution is 0.425. The summed E-state index contributed by atoms with van der Waals surface area (Å²) in [4.78, 5) is 0. The van der Waals surface area contributed by atoms with E-state index in [1.165, 1.54) is 0 Å². The highest BCUT2D eigenvalue weighted by Crippen LogP contribution is 1.96. The molecule has 0 fully saturated rings. The second-order valence-corrected chi connectivity index (χ2v) is 1.79. The fourth-order valence-electron chi connectivity index (χ4n) is 0.614. The predicted molar refractivity (Wildman–Crippen MR) is 45.6 cm³/mol. The maximum Gasteiger partial charge on any atom is 0.488 e. The zero-order valence-corrected chi connectivity index (χ0v) is 5.47. The largest absolute Gasteiger partial charge is 0.488 e. The quantitative estimate of drug-likeness (QED) is 0.593. The van der Waals surface area contributed by atoms with Crippen molar-refractivity contribution in [2.24, 2.45) is 0 Å². The van der Waals surface area contributed by atoms with E-state index in [9.17, 15) is 10.0 Å². The molecule has 1 aromatic rings. The maximum absolute atomic E-state index is 9.21. The van der Waals surface area contributed by atoms with E-state index in [1.807, 2.05) is 0 Å². The van der Waals surface area contributed by atoms with Crippen molar-refractivity contribution in [2.75, 3.05) is 0 Å². The molecule has 11 heavy (non-hydrogen) atoms. The van der Waals surface area contributed by atoms with Gasteiger partial charge in [0.15, 0.2) is 0 Å². The first kappa shape index (κ1) is 2.34. The number of hydrogen-bond acceptors (Lipinski definition) is 2. The van der Waals surface area contributed by atoms with Gasteiger partial charge in [-0.15, -0.1) is 0 Å². The highest BCUT2D eigenvalue weighted by atomic mass is 16.4. The summed E-state index contributed by atoms with van der Waals surface area (Å²) in [5, 5.41) is 18.4. The van der Waals surface area contributed by atoms with Gasteiger partial charge >= 0.3 is 7.12 Å². The molecule has 0 aliphatic rings. The monoisotopic (exact) mass is 159 g/mol. The molecule has 0 unspecified atom stereocenters. The molecule has 58 valence electrons. The molecule has 0 aliphatic heterocycles. The van der Waals surface area contributed by atoms with Gasteiger partial charge in [0.1, 0.15) is 0 Å². The van der Waals surface area contributed by atoms with Gasteiger partial charge in [0.05, 0.1) is 5.48 Å². The summed E-state index contributed by atoms with van der Waals surface area (Å²) in [5.41, 5.74) is -1.85. The van der Waals surface area contributed by atoms with Crippen molar-refractivity contribution in [3.05, 3.63) is 29.7 Å². The topological polar surface area (TPSA) is 40.5 Å². The average molecular weight is 159 g/mol. The Labute approximate surface area is 79.3 Å². The van der Waals surface area contributed by atoms with Crippen molar-refractivity contribution in [3.63, 3.8) is 0 Å². The van der Waals surface area contributed by atoms with E-state index in [0.717, 1.165) is 0 Å². The zero-order chi connectivity index (χ0) is 16.0. The summed E-state index contributed by atoms with van der Waals surface area (Å²) in [6.07, 6.45) is -3.16. The fourth-order valence-corrected chi connectivity index (χ4v) is 0.614. The number of hydrogen-bond donors (Lipinski definition) is 2. The first-order valence-corrected chi connectivity index (χ1v) is 2.81. The molecule has 0 aromatic heterocycles. The molecule has 0 radical (unpaired) electrons. The Hall–Kier alpha value is -0.795. The lowest BCUT2D eigenvalue weighted by Crippen LogP contribution is -2.32. The molecule has 1 aromatic carbocycles. The summed E-state index contributed by atoms with van der Waals surface area (Å²) >= 11 is 0. The molecule has 0 bridgehead atoms. The van der Waals surface area contributed by atoms with Gasteiger partial charge in [-0.3, -0.25) is 0 Å². The minimum atomic E-state index is -3.24. The Morgan fingerprint density at radius 3 is 3.00 bits per heavy atom. The Balaban J connectivity index is 3.88. The third-order valence-electron chi connectivity index (χ3n) is 1.10. The minimum Gasteiger partial charge on any atom is -0.423 e. The smallest absolute Gasteiger partial charge is 0.423 e. The zero-order valence-electron chi connectivity index (χ0n) is 14.5. The molecule has 0 atom stereocenters. The van der Waals surface area contributed by atoms with Crippen molar-refractivity contribution in [1.29, 1.82) is 0 Å². The first-order valence-electron chi connectivity index (χ1n) is 7.31. The van der Waals surface area contributed by atoms with E-state index in [4.69, 9.17) is 12.3 Å². The Kier molecular flexibility index (Phi) is 0.757. The first-order chi connectivity index (χ1) is 8.84. The highest BCUT2D eigenvalue weighted by Gasteiger charge is 2.13. The molecule has 0 aliphatic carbocycles. The van der Waals surface area contributed by atoms with Crippen molar-refractivity contribution >= 4 is 12.6 Å². The summed E-state index contributed by atoms with van der Waals surface area (Å²) in [7, 11) is -2.43. The standard InChI is InChI=1S/C8H11BO2/c1-2-7-5-3-4-6-8(7)9(10)11/h3-6,10-11H,2H2,1H3/i1D3,2D2,3D,4D,5D,6D. The maximum atomic E-state index is 9.21. The van der Waals surface area contributed by atoms with Crippen LogP contribution in [-0.2, 0) is 6.37 Å². The molecule has 2 N–H and O–H groups in total. The van der Waals surface area contributed by atoms with Crippen LogP contribution in [0, 0.1) is 0 Å². The van der Waals surface area contributed by atoms with Crippen LogP contribution in [-0.4, -0.2) is 17.2 Å². The molecule has 3 heteroatoms. The van der Waals surface area contributed by atoms with Gasteiger partial charge < -0.3 is 10.0 Å². The summed E-state index contributed by atoms with van der Waals surface area (Å²) in [6, 6.07) is -3.48. The molecule has 0 saturated heterocycles. The van der Waals surface area contributed by atoms with Crippen LogP contribution in [0.1, 0.15) is 24.8 Å². The van der Waals surface area contributed by atoms with Crippen molar-refractivity contribution in [1.82, 2.24) is 0 Å². The number of rotatable bonds is 2. The molecular formula is C8H11BO2. The fraction of sp³-hybridized carbons (Fsp3) is 0.250. The van der Waals surface area contributed by atoms with E-state index >= 15 is 0 Å². The van der Waals surface area contributed by atoms with Crippen molar-refractivity contribution in [2.45, 2.75) is 13.2 Å².